The molecule has 0 aromatic rings. The molecule has 0 saturated heterocycles. The van der Waals surface area contributed by atoms with Crippen LogP contribution in [0.2, 0.25) is 0 Å². The fraction of sp³-hybridized carbons (Fsp3) is 0.871. The maximum absolute atomic E-state index is 12.8. The molecule has 38 heavy (non-hydrogen) atoms. The molecule has 5 rings (SSSR count). The molecule has 0 aromatic carbocycles. The quantitative estimate of drug-likeness (QED) is 0.445. The highest BCUT2D eigenvalue weighted by Crippen LogP contribution is 2.77. The van der Waals surface area contributed by atoms with Crippen molar-refractivity contribution in [3.05, 3.63) is 0 Å². The minimum Gasteiger partial charge on any atom is -0.481 e. The van der Waals surface area contributed by atoms with Gasteiger partial charge in [-0.1, -0.05) is 20.8 Å². The van der Waals surface area contributed by atoms with Crippen LogP contribution in [0, 0.1) is 56.7 Å². The number of carbonyl (C=O) groups excluding carboxylic acids is 2. The van der Waals surface area contributed by atoms with Crippen LogP contribution in [0.15, 0.2) is 0 Å². The summed E-state index contributed by atoms with van der Waals surface area (Å²) in [6, 6.07) is 0. The number of fused-ring (bicyclic) bond motifs is 7. The highest BCUT2D eigenvalue weighted by molar-refractivity contribution is 5.83. The summed E-state index contributed by atoms with van der Waals surface area (Å²) >= 11 is 0. The summed E-state index contributed by atoms with van der Waals surface area (Å²) in [6.07, 6.45) is 6.89. The first kappa shape index (κ1) is 27.6. The lowest BCUT2D eigenvalue weighted by atomic mass is 9.32. The van der Waals surface area contributed by atoms with Crippen molar-refractivity contribution in [3.8, 4) is 0 Å². The van der Waals surface area contributed by atoms with Crippen molar-refractivity contribution in [3.63, 3.8) is 0 Å². The van der Waals surface area contributed by atoms with Crippen LogP contribution in [-0.4, -0.2) is 40.0 Å². The second-order valence-electron chi connectivity index (χ2n) is 14.6. The third kappa shape index (κ3) is 3.25. The van der Waals surface area contributed by atoms with Gasteiger partial charge in [-0.25, -0.2) is 0 Å². The lowest BCUT2D eigenvalue weighted by molar-refractivity contribution is -0.253. The van der Waals surface area contributed by atoms with Gasteiger partial charge >= 0.3 is 17.9 Å². The Labute approximate surface area is 226 Å². The standard InChI is InChI=1S/C31H46O7/c1-17(32)19-9-14-31(26(36)37)16-15-28(4)20(24(19)31)7-8-21-27(3)12-11-23(38-18(2)33)30(6,25(34)35)22(27)10-13-29(21,28)5/h19-24H,7-16H2,1-6H3,(H,34,35)(H,36,37)/t19-,20+,21+,22+,23+,24+,27+,28+,29+,30?,31-/m0/s1. The number of carbonyl (C=O) groups is 4. The minimum absolute atomic E-state index is 0.0799. The molecule has 0 spiro atoms. The van der Waals surface area contributed by atoms with Crippen molar-refractivity contribution < 1.29 is 34.1 Å². The first-order valence-electron chi connectivity index (χ1n) is 14.7. The van der Waals surface area contributed by atoms with E-state index in [1.54, 1.807) is 13.8 Å². The summed E-state index contributed by atoms with van der Waals surface area (Å²) in [5.41, 5.74) is -2.36. The molecule has 0 heterocycles. The smallest absolute Gasteiger partial charge is 0.313 e. The second kappa shape index (κ2) is 8.54. The predicted molar refractivity (Wildman–Crippen MR) is 140 cm³/mol. The Morgan fingerprint density at radius 3 is 1.97 bits per heavy atom. The van der Waals surface area contributed by atoms with Gasteiger partial charge in [0.15, 0.2) is 0 Å². The van der Waals surface area contributed by atoms with E-state index in [0.717, 1.165) is 38.5 Å². The SMILES string of the molecule is CC(=O)O[C@@H]1CC[C@]2(C)[C@H]3CC[C@@H]4[C@H]5[C@H](C(C)=O)CC[C@]5(C(=O)O)CC[C@@]4(C)[C@]3(C)CC[C@H]2C1(C)C(=O)O. The molecule has 5 aliphatic carbocycles. The van der Waals surface area contributed by atoms with Crippen LogP contribution in [-0.2, 0) is 23.9 Å². The summed E-state index contributed by atoms with van der Waals surface area (Å²) in [7, 11) is 0. The molecule has 7 nitrogen and oxygen atoms in total. The summed E-state index contributed by atoms with van der Waals surface area (Å²) in [4.78, 5) is 50.3. The normalized spacial score (nSPS) is 51.5. The minimum atomic E-state index is -1.14. The third-order valence-electron chi connectivity index (χ3n) is 13.8. The summed E-state index contributed by atoms with van der Waals surface area (Å²) in [6.45, 7) is 11.8. The van der Waals surface area contributed by atoms with E-state index < -0.39 is 34.8 Å². The van der Waals surface area contributed by atoms with Gasteiger partial charge in [-0.15, -0.1) is 0 Å². The van der Waals surface area contributed by atoms with E-state index >= 15 is 0 Å². The molecule has 2 N–H and O–H groups in total. The Bertz CT molecular complexity index is 1070. The molecule has 1 unspecified atom stereocenters. The summed E-state index contributed by atoms with van der Waals surface area (Å²) in [5, 5.41) is 21.0. The Kier molecular flexibility index (Phi) is 6.21. The lowest BCUT2D eigenvalue weighted by Gasteiger charge is -2.72. The fourth-order valence-corrected chi connectivity index (χ4v) is 11.8. The number of carboxylic acids is 2. The van der Waals surface area contributed by atoms with Gasteiger partial charge in [0.2, 0.25) is 0 Å². The van der Waals surface area contributed by atoms with Crippen LogP contribution >= 0.6 is 0 Å². The number of carboxylic acid groups (broad SMARTS) is 2. The van der Waals surface area contributed by atoms with Crippen LogP contribution in [0.5, 0.6) is 0 Å². The molecule has 0 bridgehead atoms. The van der Waals surface area contributed by atoms with E-state index in [1.165, 1.54) is 6.92 Å². The van der Waals surface area contributed by atoms with Gasteiger partial charge in [-0.2, -0.15) is 0 Å². The predicted octanol–water partition coefficient (Wildman–Crippen LogP) is 5.74. The molecular weight excluding hydrogens is 484 g/mol. The lowest BCUT2D eigenvalue weighted by Crippen LogP contribution is -2.68. The van der Waals surface area contributed by atoms with Gasteiger partial charge in [0, 0.05) is 12.8 Å². The number of Topliss-reactive ketones (excluding diaryl/α,β-unsaturated/α-hetero) is 1. The fourth-order valence-electron chi connectivity index (χ4n) is 11.8. The van der Waals surface area contributed by atoms with Gasteiger partial charge in [0.05, 0.1) is 5.41 Å². The van der Waals surface area contributed by atoms with Crippen molar-refractivity contribution in [1.29, 1.82) is 0 Å². The summed E-state index contributed by atoms with van der Waals surface area (Å²) < 4.78 is 5.64. The van der Waals surface area contributed by atoms with Crippen molar-refractivity contribution in [2.75, 3.05) is 0 Å². The van der Waals surface area contributed by atoms with E-state index in [-0.39, 0.29) is 45.7 Å². The van der Waals surface area contributed by atoms with Crippen LogP contribution in [0.25, 0.3) is 0 Å². The van der Waals surface area contributed by atoms with Crippen molar-refractivity contribution >= 4 is 23.7 Å². The molecule has 0 radical (unpaired) electrons. The monoisotopic (exact) mass is 530 g/mol. The number of hydrogen-bond acceptors (Lipinski definition) is 5. The molecule has 5 saturated carbocycles. The molecule has 0 aliphatic heterocycles. The van der Waals surface area contributed by atoms with E-state index in [2.05, 4.69) is 20.8 Å². The maximum Gasteiger partial charge on any atom is 0.313 e. The Morgan fingerprint density at radius 2 is 1.39 bits per heavy atom. The first-order valence-corrected chi connectivity index (χ1v) is 14.7. The van der Waals surface area contributed by atoms with Gasteiger partial charge in [-0.05, 0) is 118 Å². The Morgan fingerprint density at radius 1 is 0.711 bits per heavy atom. The van der Waals surface area contributed by atoms with Crippen molar-refractivity contribution in [2.45, 2.75) is 112 Å². The van der Waals surface area contributed by atoms with Gasteiger partial charge in [0.1, 0.15) is 17.3 Å². The number of ketones is 1. The van der Waals surface area contributed by atoms with E-state index in [9.17, 15) is 29.4 Å². The molecule has 5 fully saturated rings. The highest BCUT2D eigenvalue weighted by atomic mass is 16.5. The highest BCUT2D eigenvalue weighted by Gasteiger charge is 2.73. The van der Waals surface area contributed by atoms with Gasteiger partial charge in [-0.3, -0.25) is 19.2 Å². The number of hydrogen-bond donors (Lipinski definition) is 2. The topological polar surface area (TPSA) is 118 Å². The molecule has 11 atom stereocenters. The average Bonchev–Trinajstić information content (AvgIpc) is 3.22. The second-order valence-corrected chi connectivity index (χ2v) is 14.6. The first-order chi connectivity index (χ1) is 17.6. The molecule has 0 amide bonds. The average molecular weight is 531 g/mol. The molecule has 7 heteroatoms. The third-order valence-corrected chi connectivity index (χ3v) is 13.8. The van der Waals surface area contributed by atoms with E-state index in [0.29, 0.717) is 31.6 Å². The Balaban J connectivity index is 1.55. The zero-order chi connectivity index (χ0) is 28.1. The van der Waals surface area contributed by atoms with E-state index in [1.807, 2.05) is 0 Å². The van der Waals surface area contributed by atoms with E-state index in [4.69, 9.17) is 4.74 Å². The number of ether oxygens (including phenoxy) is 1. The maximum atomic E-state index is 12.8. The number of rotatable bonds is 4. The Hall–Kier alpha value is -1.92. The van der Waals surface area contributed by atoms with Crippen LogP contribution in [0.4, 0.5) is 0 Å². The van der Waals surface area contributed by atoms with Crippen LogP contribution < -0.4 is 0 Å². The zero-order valence-corrected chi connectivity index (χ0v) is 24.0. The van der Waals surface area contributed by atoms with Crippen molar-refractivity contribution in [1.82, 2.24) is 0 Å². The van der Waals surface area contributed by atoms with Gasteiger partial charge in [0.25, 0.3) is 0 Å². The molecule has 0 aromatic heterocycles. The van der Waals surface area contributed by atoms with Gasteiger partial charge < -0.3 is 14.9 Å². The molecular formula is C31H46O7. The summed E-state index contributed by atoms with van der Waals surface area (Å²) in [5.74, 6) is -1.86. The van der Waals surface area contributed by atoms with Crippen LogP contribution in [0.3, 0.4) is 0 Å². The molecule has 212 valence electrons. The molecule has 5 aliphatic rings. The number of esters is 1. The zero-order valence-electron chi connectivity index (χ0n) is 24.0. The van der Waals surface area contributed by atoms with Crippen molar-refractivity contribution in [2.24, 2.45) is 56.7 Å². The van der Waals surface area contributed by atoms with Crippen LogP contribution in [0.1, 0.15) is 106 Å². The number of aliphatic carboxylic acids is 2. The largest absolute Gasteiger partial charge is 0.481 e.